The summed E-state index contributed by atoms with van der Waals surface area (Å²) in [7, 11) is 0. The maximum atomic E-state index is 14.2. The summed E-state index contributed by atoms with van der Waals surface area (Å²) in [5.41, 5.74) is 6.04. The molecular formula is C15H22F2N2. The third-order valence-electron chi connectivity index (χ3n) is 4.02. The molecule has 1 heterocycles. The van der Waals surface area contributed by atoms with Gasteiger partial charge in [0.25, 0.3) is 0 Å². The van der Waals surface area contributed by atoms with Crippen LogP contribution in [0.15, 0.2) is 12.1 Å². The van der Waals surface area contributed by atoms with E-state index in [2.05, 4.69) is 6.92 Å². The van der Waals surface area contributed by atoms with Gasteiger partial charge in [0.2, 0.25) is 0 Å². The fraction of sp³-hybridized carbons (Fsp3) is 0.600. The summed E-state index contributed by atoms with van der Waals surface area (Å²) in [6.07, 6.45) is 5.38. The van der Waals surface area contributed by atoms with Gasteiger partial charge < -0.3 is 10.6 Å². The van der Waals surface area contributed by atoms with Crippen LogP contribution in [0.2, 0.25) is 0 Å². The summed E-state index contributed by atoms with van der Waals surface area (Å²) < 4.78 is 28.1. The van der Waals surface area contributed by atoms with Crippen molar-refractivity contribution in [1.29, 1.82) is 0 Å². The Morgan fingerprint density at radius 1 is 1.21 bits per heavy atom. The first kappa shape index (κ1) is 14.3. The van der Waals surface area contributed by atoms with Gasteiger partial charge in [-0.1, -0.05) is 25.8 Å². The van der Waals surface area contributed by atoms with E-state index in [0.29, 0.717) is 11.7 Å². The van der Waals surface area contributed by atoms with Crippen LogP contribution in [0.25, 0.3) is 0 Å². The van der Waals surface area contributed by atoms with Gasteiger partial charge in [-0.2, -0.15) is 0 Å². The van der Waals surface area contributed by atoms with Crippen molar-refractivity contribution in [2.75, 3.05) is 11.4 Å². The number of hydrogen-bond acceptors (Lipinski definition) is 2. The number of benzene rings is 1. The van der Waals surface area contributed by atoms with Crippen LogP contribution < -0.4 is 10.6 Å². The van der Waals surface area contributed by atoms with Gasteiger partial charge >= 0.3 is 0 Å². The molecule has 2 N–H and O–H groups in total. The summed E-state index contributed by atoms with van der Waals surface area (Å²) in [6.45, 7) is 2.93. The van der Waals surface area contributed by atoms with E-state index in [0.717, 1.165) is 32.2 Å². The van der Waals surface area contributed by atoms with Crippen molar-refractivity contribution in [3.63, 3.8) is 0 Å². The second kappa shape index (κ2) is 6.33. The van der Waals surface area contributed by atoms with Crippen LogP contribution in [0.3, 0.4) is 0 Å². The zero-order chi connectivity index (χ0) is 13.8. The molecule has 0 aromatic heterocycles. The van der Waals surface area contributed by atoms with Crippen molar-refractivity contribution in [1.82, 2.24) is 0 Å². The predicted octanol–water partition coefficient (Wildman–Crippen LogP) is 3.58. The Morgan fingerprint density at radius 2 is 2.00 bits per heavy atom. The lowest BCUT2D eigenvalue weighted by Crippen LogP contribution is -2.35. The number of rotatable bonds is 3. The number of nitrogens with zero attached hydrogens (tertiary/aromatic N) is 1. The highest BCUT2D eigenvalue weighted by Crippen LogP contribution is 2.30. The highest BCUT2D eigenvalue weighted by atomic mass is 19.2. The smallest absolute Gasteiger partial charge is 0.182 e. The normalized spacial score (nSPS) is 20.4. The van der Waals surface area contributed by atoms with Crippen LogP contribution in [0, 0.1) is 11.6 Å². The topological polar surface area (TPSA) is 29.3 Å². The van der Waals surface area contributed by atoms with Gasteiger partial charge in [0.05, 0.1) is 5.69 Å². The zero-order valence-electron chi connectivity index (χ0n) is 11.5. The van der Waals surface area contributed by atoms with Crippen LogP contribution >= 0.6 is 0 Å². The molecule has 0 amide bonds. The van der Waals surface area contributed by atoms with Crippen molar-refractivity contribution in [3.8, 4) is 0 Å². The zero-order valence-corrected chi connectivity index (χ0v) is 11.5. The molecule has 19 heavy (non-hydrogen) atoms. The van der Waals surface area contributed by atoms with E-state index < -0.39 is 11.6 Å². The third-order valence-corrected chi connectivity index (χ3v) is 4.02. The average Bonchev–Trinajstić information content (AvgIpc) is 2.67. The molecule has 2 rings (SSSR count). The predicted molar refractivity (Wildman–Crippen MR) is 74.1 cm³/mol. The number of halogens is 2. The summed E-state index contributed by atoms with van der Waals surface area (Å²) in [5, 5.41) is 0. The highest BCUT2D eigenvalue weighted by Gasteiger charge is 2.24. The van der Waals surface area contributed by atoms with E-state index in [1.807, 2.05) is 4.90 Å². The SMILES string of the molecule is CCC1CCCCCN1c1ccc(CN)c(F)c1F. The Kier molecular flexibility index (Phi) is 4.75. The molecule has 1 aromatic rings. The lowest BCUT2D eigenvalue weighted by Gasteiger charge is -2.32. The molecule has 0 saturated carbocycles. The van der Waals surface area contributed by atoms with E-state index in [1.54, 1.807) is 12.1 Å². The number of hydrogen-bond donors (Lipinski definition) is 1. The van der Waals surface area contributed by atoms with Crippen molar-refractivity contribution < 1.29 is 8.78 Å². The molecule has 1 aliphatic heterocycles. The molecule has 1 aliphatic rings. The first-order chi connectivity index (χ1) is 9.19. The fourth-order valence-electron chi connectivity index (χ4n) is 2.88. The molecule has 1 saturated heterocycles. The molecule has 0 aliphatic carbocycles. The van der Waals surface area contributed by atoms with E-state index in [1.165, 1.54) is 6.42 Å². The summed E-state index contributed by atoms with van der Waals surface area (Å²) >= 11 is 0. The van der Waals surface area contributed by atoms with Crippen molar-refractivity contribution in [3.05, 3.63) is 29.3 Å². The standard InChI is InChI=1S/C15H22F2N2/c1-2-12-6-4-3-5-9-19(12)13-8-7-11(10-18)14(16)15(13)17/h7-8,12H,2-6,9-10,18H2,1H3. The minimum absolute atomic E-state index is 0.0280. The Bertz CT molecular complexity index is 434. The average molecular weight is 268 g/mol. The van der Waals surface area contributed by atoms with Crippen LogP contribution in [-0.2, 0) is 6.54 Å². The molecule has 2 nitrogen and oxygen atoms in total. The fourth-order valence-corrected chi connectivity index (χ4v) is 2.88. The summed E-state index contributed by atoms with van der Waals surface area (Å²) in [6, 6.07) is 3.58. The van der Waals surface area contributed by atoms with Gasteiger partial charge in [-0.15, -0.1) is 0 Å². The van der Waals surface area contributed by atoms with Gasteiger partial charge in [0.1, 0.15) is 0 Å². The van der Waals surface area contributed by atoms with Crippen molar-refractivity contribution >= 4 is 5.69 Å². The molecule has 0 bridgehead atoms. The van der Waals surface area contributed by atoms with Crippen LogP contribution in [0.1, 0.15) is 44.6 Å². The van der Waals surface area contributed by atoms with Crippen molar-refractivity contribution in [2.45, 2.75) is 51.6 Å². The van der Waals surface area contributed by atoms with Crippen LogP contribution in [-0.4, -0.2) is 12.6 Å². The van der Waals surface area contributed by atoms with Gasteiger partial charge in [-0.3, -0.25) is 0 Å². The molecule has 1 aromatic carbocycles. The molecule has 1 fully saturated rings. The minimum Gasteiger partial charge on any atom is -0.366 e. The maximum Gasteiger partial charge on any atom is 0.182 e. The molecule has 1 atom stereocenters. The Hall–Kier alpha value is -1.16. The molecule has 0 radical (unpaired) electrons. The van der Waals surface area contributed by atoms with E-state index in [-0.39, 0.29) is 12.1 Å². The molecule has 1 unspecified atom stereocenters. The maximum absolute atomic E-state index is 14.2. The van der Waals surface area contributed by atoms with Gasteiger partial charge in [0.15, 0.2) is 11.6 Å². The quantitative estimate of drug-likeness (QED) is 0.908. The first-order valence-electron chi connectivity index (χ1n) is 7.12. The largest absolute Gasteiger partial charge is 0.366 e. The first-order valence-corrected chi connectivity index (χ1v) is 7.12. The van der Waals surface area contributed by atoms with Crippen LogP contribution in [0.5, 0.6) is 0 Å². The van der Waals surface area contributed by atoms with E-state index in [9.17, 15) is 8.78 Å². The second-order valence-electron chi connectivity index (χ2n) is 5.18. The van der Waals surface area contributed by atoms with Gasteiger partial charge in [0, 0.05) is 24.7 Å². The summed E-state index contributed by atoms with van der Waals surface area (Å²) in [4.78, 5) is 2.03. The molecule has 106 valence electrons. The van der Waals surface area contributed by atoms with E-state index >= 15 is 0 Å². The van der Waals surface area contributed by atoms with Crippen LogP contribution in [0.4, 0.5) is 14.5 Å². The number of anilines is 1. The number of nitrogens with two attached hydrogens (primary N) is 1. The van der Waals surface area contributed by atoms with Crippen molar-refractivity contribution in [2.24, 2.45) is 5.73 Å². The molecular weight excluding hydrogens is 246 g/mol. The Labute approximate surface area is 113 Å². The Balaban J connectivity index is 2.36. The monoisotopic (exact) mass is 268 g/mol. The lowest BCUT2D eigenvalue weighted by atomic mass is 10.1. The summed E-state index contributed by atoms with van der Waals surface area (Å²) in [5.74, 6) is -1.54. The van der Waals surface area contributed by atoms with Gasteiger partial charge in [-0.05, 0) is 25.3 Å². The third kappa shape index (κ3) is 2.89. The van der Waals surface area contributed by atoms with E-state index in [4.69, 9.17) is 5.73 Å². The molecule has 0 spiro atoms. The van der Waals surface area contributed by atoms with Gasteiger partial charge in [-0.25, -0.2) is 8.78 Å². The minimum atomic E-state index is -0.792. The second-order valence-corrected chi connectivity index (χ2v) is 5.18. The molecule has 4 heteroatoms. The Morgan fingerprint density at radius 3 is 2.68 bits per heavy atom. The lowest BCUT2D eigenvalue weighted by molar-refractivity contribution is 0.485. The highest BCUT2D eigenvalue weighted by molar-refractivity contribution is 5.51.